The molecular formula is C18H15F3N4O2. The van der Waals surface area contributed by atoms with Crippen LogP contribution in [0.25, 0.3) is 11.0 Å². The molecule has 1 aliphatic rings. The van der Waals surface area contributed by atoms with Crippen LogP contribution in [0.5, 0.6) is 5.75 Å². The number of para-hydroxylation sites is 1. The van der Waals surface area contributed by atoms with Gasteiger partial charge in [0.25, 0.3) is 5.91 Å². The third-order valence-corrected chi connectivity index (χ3v) is 4.60. The van der Waals surface area contributed by atoms with E-state index in [2.05, 4.69) is 19.7 Å². The first kappa shape index (κ1) is 17.3. The van der Waals surface area contributed by atoms with Crippen molar-refractivity contribution in [2.24, 2.45) is 0 Å². The first-order chi connectivity index (χ1) is 12.8. The minimum Gasteiger partial charge on any atom is -0.403 e. The van der Waals surface area contributed by atoms with Crippen molar-refractivity contribution in [3.8, 4) is 5.75 Å². The van der Waals surface area contributed by atoms with Crippen LogP contribution in [0.4, 0.5) is 13.2 Å². The number of nitrogens with one attached hydrogen (secondary N) is 1. The lowest BCUT2D eigenvalue weighted by Crippen LogP contribution is -2.39. The van der Waals surface area contributed by atoms with E-state index in [9.17, 15) is 18.0 Å². The summed E-state index contributed by atoms with van der Waals surface area (Å²) in [4.78, 5) is 25.8. The summed E-state index contributed by atoms with van der Waals surface area (Å²) >= 11 is 0. The molecule has 6 nitrogen and oxygen atoms in total. The van der Waals surface area contributed by atoms with Crippen LogP contribution in [0, 0.1) is 0 Å². The summed E-state index contributed by atoms with van der Waals surface area (Å²) in [5.74, 6) is -0.856. The number of fused-ring (bicyclic) bond motifs is 2. The van der Waals surface area contributed by atoms with Crippen molar-refractivity contribution in [3.05, 3.63) is 53.6 Å². The molecule has 1 aliphatic heterocycles. The average Bonchev–Trinajstić information content (AvgIpc) is 3.06. The van der Waals surface area contributed by atoms with Crippen molar-refractivity contribution in [2.45, 2.75) is 25.7 Å². The summed E-state index contributed by atoms with van der Waals surface area (Å²) in [5, 5.41) is 0. The number of hydrogen-bond donors (Lipinski definition) is 1. The summed E-state index contributed by atoms with van der Waals surface area (Å²) < 4.78 is 41.7. The topological polar surface area (TPSA) is 71.1 Å². The van der Waals surface area contributed by atoms with E-state index in [-0.39, 0.29) is 23.3 Å². The highest BCUT2D eigenvalue weighted by Crippen LogP contribution is 2.31. The molecule has 0 saturated carbocycles. The van der Waals surface area contributed by atoms with Gasteiger partial charge in [0.05, 0.1) is 11.6 Å². The van der Waals surface area contributed by atoms with Crippen molar-refractivity contribution in [1.29, 1.82) is 0 Å². The van der Waals surface area contributed by atoms with E-state index >= 15 is 0 Å². The Hall–Kier alpha value is -3.10. The molecular weight excluding hydrogens is 361 g/mol. The molecule has 1 amide bonds. The van der Waals surface area contributed by atoms with Gasteiger partial charge in [-0.15, -0.1) is 13.2 Å². The molecule has 2 aromatic heterocycles. The van der Waals surface area contributed by atoms with E-state index in [1.54, 1.807) is 17.2 Å². The fraction of sp³-hybridized carbons (Fsp3) is 0.278. The zero-order chi connectivity index (χ0) is 19.2. The predicted molar refractivity (Wildman–Crippen MR) is 90.2 cm³/mol. The molecule has 3 aromatic rings. The molecule has 1 atom stereocenters. The minimum absolute atomic E-state index is 0.0255. The Morgan fingerprint density at radius 3 is 2.89 bits per heavy atom. The van der Waals surface area contributed by atoms with E-state index < -0.39 is 12.1 Å². The van der Waals surface area contributed by atoms with E-state index in [1.165, 1.54) is 6.07 Å². The Morgan fingerprint density at radius 1 is 1.30 bits per heavy atom. The van der Waals surface area contributed by atoms with Gasteiger partial charge in [-0.3, -0.25) is 9.78 Å². The molecule has 9 heteroatoms. The monoisotopic (exact) mass is 376 g/mol. The van der Waals surface area contributed by atoms with Crippen LogP contribution in [-0.4, -0.2) is 38.7 Å². The van der Waals surface area contributed by atoms with Gasteiger partial charge in [-0.25, -0.2) is 4.98 Å². The van der Waals surface area contributed by atoms with Crippen LogP contribution in [0.3, 0.4) is 0 Å². The number of aromatic nitrogens is 3. The number of pyridine rings is 1. The van der Waals surface area contributed by atoms with E-state index in [1.807, 2.05) is 19.1 Å². The van der Waals surface area contributed by atoms with Gasteiger partial charge < -0.3 is 14.6 Å². The number of benzene rings is 1. The molecule has 0 radical (unpaired) electrons. The fourth-order valence-electron chi connectivity index (χ4n) is 3.36. The smallest absolute Gasteiger partial charge is 0.403 e. The van der Waals surface area contributed by atoms with Crippen LogP contribution in [-0.2, 0) is 6.42 Å². The van der Waals surface area contributed by atoms with Gasteiger partial charge in [0.15, 0.2) is 11.6 Å². The second-order valence-electron chi connectivity index (χ2n) is 6.25. The lowest BCUT2D eigenvalue weighted by Gasteiger charge is -2.34. The standard InChI is InChI=1S/C18H15F3N4O2/c1-10-11-4-3-8-22-12(11)7-9-25(10)17(26)16-23-13-5-2-6-14(15(13)24-16)27-18(19,20)21/h2-6,8,10H,7,9H2,1H3,(H,23,24)/t10-/m1/s1. The Bertz CT molecular complexity index is 1020. The second-order valence-corrected chi connectivity index (χ2v) is 6.25. The van der Waals surface area contributed by atoms with Crippen molar-refractivity contribution in [1.82, 2.24) is 19.9 Å². The van der Waals surface area contributed by atoms with Gasteiger partial charge in [-0.05, 0) is 30.7 Å². The number of rotatable bonds is 2. The molecule has 0 saturated heterocycles. The number of ether oxygens (including phenoxy) is 1. The Kier molecular flexibility index (Phi) is 4.01. The first-order valence-corrected chi connectivity index (χ1v) is 8.33. The molecule has 3 heterocycles. The highest BCUT2D eigenvalue weighted by Gasteiger charge is 2.33. The van der Waals surface area contributed by atoms with Gasteiger partial charge in [0, 0.05) is 24.9 Å². The normalized spacial score (nSPS) is 17.0. The number of carbonyl (C=O) groups excluding carboxylic acids is 1. The van der Waals surface area contributed by atoms with Gasteiger partial charge >= 0.3 is 6.36 Å². The molecule has 0 bridgehead atoms. The van der Waals surface area contributed by atoms with Gasteiger partial charge in [0.2, 0.25) is 0 Å². The molecule has 1 aromatic carbocycles. The van der Waals surface area contributed by atoms with Crippen molar-refractivity contribution in [2.75, 3.05) is 6.54 Å². The maximum Gasteiger partial charge on any atom is 0.573 e. The number of nitrogens with zero attached hydrogens (tertiary/aromatic N) is 3. The molecule has 27 heavy (non-hydrogen) atoms. The predicted octanol–water partition coefficient (Wildman–Crippen LogP) is 3.62. The second kappa shape index (κ2) is 6.26. The highest BCUT2D eigenvalue weighted by atomic mass is 19.4. The fourth-order valence-corrected chi connectivity index (χ4v) is 3.36. The van der Waals surface area contributed by atoms with E-state index in [0.717, 1.165) is 17.3 Å². The summed E-state index contributed by atoms with van der Waals surface area (Å²) in [6.07, 6.45) is -2.52. The van der Waals surface area contributed by atoms with Crippen LogP contribution in [0.2, 0.25) is 0 Å². The number of imidazole rings is 1. The average molecular weight is 376 g/mol. The minimum atomic E-state index is -4.84. The van der Waals surface area contributed by atoms with Gasteiger partial charge in [-0.1, -0.05) is 12.1 Å². The number of H-pyrrole nitrogens is 1. The quantitative estimate of drug-likeness (QED) is 0.742. The molecule has 140 valence electrons. The Balaban J connectivity index is 1.67. The van der Waals surface area contributed by atoms with Gasteiger partial charge in [0.1, 0.15) is 5.52 Å². The third-order valence-electron chi connectivity index (χ3n) is 4.60. The summed E-state index contributed by atoms with van der Waals surface area (Å²) in [6, 6.07) is 7.62. The molecule has 0 unspecified atom stereocenters. The highest BCUT2D eigenvalue weighted by molar-refractivity contribution is 5.95. The van der Waals surface area contributed by atoms with Crippen LogP contribution >= 0.6 is 0 Å². The van der Waals surface area contributed by atoms with Crippen LogP contribution < -0.4 is 4.74 Å². The van der Waals surface area contributed by atoms with Crippen LogP contribution in [0.1, 0.15) is 34.8 Å². The summed E-state index contributed by atoms with van der Waals surface area (Å²) in [6.45, 7) is 2.34. The van der Waals surface area contributed by atoms with Crippen molar-refractivity contribution in [3.63, 3.8) is 0 Å². The third kappa shape index (κ3) is 3.20. The number of halogens is 3. The maximum atomic E-state index is 12.9. The SMILES string of the molecule is C[C@@H]1c2cccnc2CCN1C(=O)c1nc2c(OC(F)(F)F)cccc2[nH]1. The molecule has 0 fully saturated rings. The number of carbonyl (C=O) groups is 1. The molecule has 1 N–H and O–H groups in total. The zero-order valence-electron chi connectivity index (χ0n) is 14.2. The van der Waals surface area contributed by atoms with E-state index in [0.29, 0.717) is 18.5 Å². The molecule has 0 spiro atoms. The van der Waals surface area contributed by atoms with Crippen molar-refractivity contribution < 1.29 is 22.7 Å². The number of aromatic amines is 1. The Morgan fingerprint density at radius 2 is 2.11 bits per heavy atom. The zero-order valence-corrected chi connectivity index (χ0v) is 14.2. The molecule has 0 aliphatic carbocycles. The van der Waals surface area contributed by atoms with Gasteiger partial charge in [-0.2, -0.15) is 0 Å². The lowest BCUT2D eigenvalue weighted by atomic mass is 9.98. The Labute approximate surface area is 152 Å². The number of alkyl halides is 3. The maximum absolute atomic E-state index is 12.9. The summed E-state index contributed by atoms with van der Waals surface area (Å²) in [7, 11) is 0. The lowest BCUT2D eigenvalue weighted by molar-refractivity contribution is -0.274. The largest absolute Gasteiger partial charge is 0.573 e. The van der Waals surface area contributed by atoms with E-state index in [4.69, 9.17) is 0 Å². The van der Waals surface area contributed by atoms with Crippen LogP contribution in [0.15, 0.2) is 36.5 Å². The number of amides is 1. The van der Waals surface area contributed by atoms with Crippen molar-refractivity contribution >= 4 is 16.9 Å². The first-order valence-electron chi connectivity index (χ1n) is 8.33. The molecule has 4 rings (SSSR count). The number of hydrogen-bond acceptors (Lipinski definition) is 4. The summed E-state index contributed by atoms with van der Waals surface area (Å²) in [5.41, 5.74) is 2.16.